The van der Waals surface area contributed by atoms with E-state index in [1.807, 2.05) is 31.2 Å². The molecule has 0 saturated carbocycles. The minimum atomic E-state index is -0.134. The lowest BCUT2D eigenvalue weighted by molar-refractivity contribution is -0.125. The van der Waals surface area contributed by atoms with Crippen molar-refractivity contribution in [2.45, 2.75) is 26.4 Å². The Kier molecular flexibility index (Phi) is 5.68. The van der Waals surface area contributed by atoms with Crippen molar-refractivity contribution in [3.8, 4) is 5.75 Å². The van der Waals surface area contributed by atoms with Gasteiger partial charge in [0.15, 0.2) is 0 Å². The monoisotopic (exact) mass is 339 g/mol. The second kappa shape index (κ2) is 8.14. The molecule has 3 N–H and O–H groups in total. The Labute approximate surface area is 148 Å². The molecular weight excluding hydrogens is 314 g/mol. The van der Waals surface area contributed by atoms with E-state index < -0.39 is 0 Å². The minimum Gasteiger partial charge on any atom is -0.494 e. The summed E-state index contributed by atoms with van der Waals surface area (Å²) in [5, 5.41) is 3.04. The van der Waals surface area contributed by atoms with Crippen LogP contribution in [-0.4, -0.2) is 19.1 Å². The molecular formula is C20H25N3O2. The number of hydrazine groups is 1. The number of hydrogen-bond donors (Lipinski definition) is 3. The van der Waals surface area contributed by atoms with Gasteiger partial charge in [-0.3, -0.25) is 10.2 Å². The first-order valence-electron chi connectivity index (χ1n) is 8.72. The van der Waals surface area contributed by atoms with Gasteiger partial charge in [0, 0.05) is 13.1 Å². The van der Waals surface area contributed by atoms with Crippen molar-refractivity contribution in [1.29, 1.82) is 0 Å². The van der Waals surface area contributed by atoms with E-state index in [1.165, 1.54) is 5.56 Å². The third-order valence-corrected chi connectivity index (χ3v) is 4.46. The lowest BCUT2D eigenvalue weighted by atomic mass is 9.93. The highest BCUT2D eigenvalue weighted by Gasteiger charge is 2.33. The fraction of sp³-hybridized carbons (Fsp3) is 0.350. The van der Waals surface area contributed by atoms with Crippen LogP contribution >= 0.6 is 0 Å². The van der Waals surface area contributed by atoms with Crippen molar-refractivity contribution < 1.29 is 9.53 Å². The predicted octanol–water partition coefficient (Wildman–Crippen LogP) is 2.48. The van der Waals surface area contributed by atoms with E-state index in [1.54, 1.807) is 0 Å². The zero-order valence-electron chi connectivity index (χ0n) is 14.7. The van der Waals surface area contributed by atoms with Gasteiger partial charge < -0.3 is 10.1 Å². The molecule has 1 saturated heterocycles. The van der Waals surface area contributed by atoms with Gasteiger partial charge in [0.1, 0.15) is 5.75 Å². The SMILES string of the molecule is CCOc1ccc(CNC(=O)C2CNNC2c2ccc(C)cc2)cc1. The number of nitrogens with one attached hydrogen (secondary N) is 3. The standard InChI is InChI=1S/C20H25N3O2/c1-3-25-17-10-6-15(7-11-17)12-21-20(24)18-13-22-23-19(18)16-8-4-14(2)5-9-16/h4-11,18-19,22-23H,3,12-13H2,1-2H3,(H,21,24). The molecule has 2 unspecified atom stereocenters. The molecule has 0 radical (unpaired) electrons. The topological polar surface area (TPSA) is 62.4 Å². The normalized spacial score (nSPS) is 19.6. The van der Waals surface area contributed by atoms with Gasteiger partial charge >= 0.3 is 0 Å². The molecule has 0 aromatic heterocycles. The van der Waals surface area contributed by atoms with E-state index in [4.69, 9.17) is 4.74 Å². The molecule has 25 heavy (non-hydrogen) atoms. The van der Waals surface area contributed by atoms with Gasteiger partial charge in [-0.25, -0.2) is 5.43 Å². The van der Waals surface area contributed by atoms with Crippen LogP contribution in [0.5, 0.6) is 5.75 Å². The van der Waals surface area contributed by atoms with E-state index in [9.17, 15) is 4.79 Å². The lowest BCUT2D eigenvalue weighted by Gasteiger charge is -2.18. The number of carbonyl (C=O) groups is 1. The van der Waals surface area contributed by atoms with E-state index in [0.717, 1.165) is 16.9 Å². The highest BCUT2D eigenvalue weighted by atomic mass is 16.5. The van der Waals surface area contributed by atoms with Gasteiger partial charge in [-0.1, -0.05) is 42.0 Å². The summed E-state index contributed by atoms with van der Waals surface area (Å²) >= 11 is 0. The van der Waals surface area contributed by atoms with Crippen LogP contribution in [0.25, 0.3) is 0 Å². The molecule has 5 nitrogen and oxygen atoms in total. The first kappa shape index (κ1) is 17.5. The van der Waals surface area contributed by atoms with Crippen molar-refractivity contribution in [1.82, 2.24) is 16.2 Å². The summed E-state index contributed by atoms with van der Waals surface area (Å²) < 4.78 is 5.44. The largest absolute Gasteiger partial charge is 0.494 e. The molecule has 1 aliphatic heterocycles. The van der Waals surface area contributed by atoms with Gasteiger partial charge in [-0.15, -0.1) is 0 Å². The number of rotatable bonds is 6. The Morgan fingerprint density at radius 2 is 1.88 bits per heavy atom. The van der Waals surface area contributed by atoms with Crippen molar-refractivity contribution in [2.24, 2.45) is 5.92 Å². The maximum atomic E-state index is 12.6. The fourth-order valence-corrected chi connectivity index (χ4v) is 3.02. The molecule has 0 spiro atoms. The number of ether oxygens (including phenoxy) is 1. The van der Waals surface area contributed by atoms with E-state index in [-0.39, 0.29) is 17.9 Å². The van der Waals surface area contributed by atoms with Crippen LogP contribution < -0.4 is 20.9 Å². The average Bonchev–Trinajstić information content (AvgIpc) is 3.11. The number of benzene rings is 2. The first-order valence-corrected chi connectivity index (χ1v) is 8.72. The van der Waals surface area contributed by atoms with E-state index in [2.05, 4.69) is 47.4 Å². The zero-order valence-corrected chi connectivity index (χ0v) is 14.7. The molecule has 1 heterocycles. The summed E-state index contributed by atoms with van der Waals surface area (Å²) in [6, 6.07) is 16.1. The minimum absolute atomic E-state index is 0.0130. The Morgan fingerprint density at radius 1 is 1.16 bits per heavy atom. The number of carbonyl (C=O) groups excluding carboxylic acids is 1. The van der Waals surface area contributed by atoms with E-state index >= 15 is 0 Å². The fourth-order valence-electron chi connectivity index (χ4n) is 3.02. The quantitative estimate of drug-likeness (QED) is 0.757. The molecule has 5 heteroatoms. The number of amides is 1. The van der Waals surface area contributed by atoms with Crippen LogP contribution in [0.15, 0.2) is 48.5 Å². The van der Waals surface area contributed by atoms with Gasteiger partial charge in [0.05, 0.1) is 18.6 Å². The van der Waals surface area contributed by atoms with Crippen LogP contribution in [0, 0.1) is 12.8 Å². The summed E-state index contributed by atoms with van der Waals surface area (Å²) in [5.74, 6) is 0.767. The van der Waals surface area contributed by atoms with Crippen molar-refractivity contribution >= 4 is 5.91 Å². The Morgan fingerprint density at radius 3 is 2.56 bits per heavy atom. The van der Waals surface area contributed by atoms with Gasteiger partial charge in [0.2, 0.25) is 5.91 Å². The highest BCUT2D eigenvalue weighted by Crippen LogP contribution is 2.25. The van der Waals surface area contributed by atoms with Crippen molar-refractivity contribution in [3.63, 3.8) is 0 Å². The van der Waals surface area contributed by atoms with Crippen LogP contribution in [-0.2, 0) is 11.3 Å². The highest BCUT2D eigenvalue weighted by molar-refractivity contribution is 5.80. The second-order valence-corrected chi connectivity index (χ2v) is 6.31. The predicted molar refractivity (Wildman–Crippen MR) is 98.0 cm³/mol. The molecule has 1 fully saturated rings. The van der Waals surface area contributed by atoms with Gasteiger partial charge in [0.25, 0.3) is 0 Å². The third kappa shape index (κ3) is 4.38. The summed E-state index contributed by atoms with van der Waals surface area (Å²) in [6.07, 6.45) is 0. The van der Waals surface area contributed by atoms with Crippen molar-refractivity contribution in [3.05, 3.63) is 65.2 Å². The Balaban J connectivity index is 1.59. The maximum absolute atomic E-state index is 12.6. The Bertz CT molecular complexity index is 698. The Hall–Kier alpha value is -2.37. The summed E-state index contributed by atoms with van der Waals surface area (Å²) in [6.45, 7) is 5.81. The van der Waals surface area contributed by atoms with E-state index in [0.29, 0.717) is 19.7 Å². The third-order valence-electron chi connectivity index (χ3n) is 4.46. The molecule has 1 aliphatic rings. The zero-order chi connectivity index (χ0) is 17.6. The average molecular weight is 339 g/mol. The van der Waals surface area contributed by atoms with Crippen molar-refractivity contribution in [2.75, 3.05) is 13.2 Å². The first-order chi connectivity index (χ1) is 12.2. The van der Waals surface area contributed by atoms with Gasteiger partial charge in [-0.2, -0.15) is 0 Å². The maximum Gasteiger partial charge on any atom is 0.226 e. The molecule has 0 aliphatic carbocycles. The van der Waals surface area contributed by atoms with Crippen LogP contribution in [0.1, 0.15) is 29.7 Å². The molecule has 2 aromatic carbocycles. The smallest absolute Gasteiger partial charge is 0.226 e. The summed E-state index contributed by atoms with van der Waals surface area (Å²) in [7, 11) is 0. The molecule has 0 bridgehead atoms. The van der Waals surface area contributed by atoms with Crippen LogP contribution in [0.2, 0.25) is 0 Å². The summed E-state index contributed by atoms with van der Waals surface area (Å²) in [5.41, 5.74) is 9.72. The number of aryl methyl sites for hydroxylation is 1. The van der Waals surface area contributed by atoms with Crippen LogP contribution in [0.4, 0.5) is 0 Å². The second-order valence-electron chi connectivity index (χ2n) is 6.31. The van der Waals surface area contributed by atoms with Crippen LogP contribution in [0.3, 0.4) is 0 Å². The van der Waals surface area contributed by atoms with Gasteiger partial charge in [-0.05, 0) is 37.1 Å². The number of hydrogen-bond acceptors (Lipinski definition) is 4. The summed E-state index contributed by atoms with van der Waals surface area (Å²) in [4.78, 5) is 12.6. The molecule has 132 valence electrons. The lowest BCUT2D eigenvalue weighted by Crippen LogP contribution is -2.34. The molecule has 3 rings (SSSR count). The molecule has 2 aromatic rings. The molecule has 2 atom stereocenters. The molecule has 1 amide bonds.